The third kappa shape index (κ3) is 5.17. The summed E-state index contributed by atoms with van der Waals surface area (Å²) in [5.74, 6) is 0.772. The van der Waals surface area contributed by atoms with Crippen molar-refractivity contribution in [3.8, 4) is 5.75 Å². The molecular formula is C24H30N2O3. The van der Waals surface area contributed by atoms with Gasteiger partial charge in [-0.05, 0) is 50.3 Å². The van der Waals surface area contributed by atoms with Gasteiger partial charge in [-0.15, -0.1) is 0 Å². The third-order valence-electron chi connectivity index (χ3n) is 5.83. The molecule has 0 bridgehead atoms. The molecule has 1 saturated carbocycles. The molecule has 1 unspecified atom stereocenters. The van der Waals surface area contributed by atoms with E-state index < -0.39 is 6.10 Å². The van der Waals surface area contributed by atoms with Crippen LogP contribution in [0.3, 0.4) is 0 Å². The summed E-state index contributed by atoms with van der Waals surface area (Å²) < 4.78 is 11.9. The predicted octanol–water partition coefficient (Wildman–Crippen LogP) is 4.16. The molecule has 1 aliphatic heterocycles. The molecule has 29 heavy (non-hydrogen) atoms. The van der Waals surface area contributed by atoms with Gasteiger partial charge in [-0.3, -0.25) is 9.69 Å². The summed E-state index contributed by atoms with van der Waals surface area (Å²) in [5, 5.41) is 3.06. The number of anilines is 1. The summed E-state index contributed by atoms with van der Waals surface area (Å²) in [6.45, 7) is 4.83. The Labute approximate surface area is 173 Å². The quantitative estimate of drug-likeness (QED) is 0.799. The van der Waals surface area contributed by atoms with Crippen LogP contribution in [0.25, 0.3) is 0 Å². The van der Waals surface area contributed by atoms with Crippen LogP contribution in [0, 0.1) is 6.92 Å². The summed E-state index contributed by atoms with van der Waals surface area (Å²) >= 11 is 0. The van der Waals surface area contributed by atoms with Crippen LogP contribution in [0.5, 0.6) is 5.75 Å². The van der Waals surface area contributed by atoms with Gasteiger partial charge in [0, 0.05) is 30.9 Å². The van der Waals surface area contributed by atoms with Crippen LogP contribution in [0.2, 0.25) is 0 Å². The van der Waals surface area contributed by atoms with Crippen LogP contribution in [0.15, 0.2) is 48.5 Å². The lowest BCUT2D eigenvalue weighted by Crippen LogP contribution is -2.47. The number of ether oxygens (including phenoxy) is 2. The third-order valence-corrected chi connectivity index (χ3v) is 5.83. The molecule has 5 nitrogen and oxygen atoms in total. The van der Waals surface area contributed by atoms with Gasteiger partial charge < -0.3 is 14.8 Å². The highest BCUT2D eigenvalue weighted by atomic mass is 16.5. The Bertz CT molecular complexity index is 818. The molecule has 0 spiro atoms. The summed E-state index contributed by atoms with van der Waals surface area (Å²) in [7, 11) is 0. The van der Waals surface area contributed by atoms with E-state index >= 15 is 0 Å². The molecule has 2 aromatic rings. The van der Waals surface area contributed by atoms with E-state index in [9.17, 15) is 4.79 Å². The molecule has 154 valence electrons. The SMILES string of the molecule is Cc1c(NC(=O)C2CN(Cc3ccccc3)CCO2)cccc1OC1CCCC1. The zero-order valence-corrected chi connectivity index (χ0v) is 17.1. The maximum Gasteiger partial charge on any atom is 0.254 e. The summed E-state index contributed by atoms with van der Waals surface area (Å²) in [6, 6.07) is 16.2. The number of nitrogens with one attached hydrogen (secondary N) is 1. The van der Waals surface area contributed by atoms with Crippen LogP contribution in [-0.4, -0.2) is 42.7 Å². The first-order chi connectivity index (χ1) is 14.2. The van der Waals surface area contributed by atoms with E-state index in [-0.39, 0.29) is 5.91 Å². The summed E-state index contributed by atoms with van der Waals surface area (Å²) in [4.78, 5) is 15.1. The van der Waals surface area contributed by atoms with Crippen LogP contribution in [-0.2, 0) is 16.1 Å². The van der Waals surface area contributed by atoms with Crippen molar-refractivity contribution in [2.75, 3.05) is 25.0 Å². The Balaban J connectivity index is 1.37. The standard InChI is InChI=1S/C24H30N2O3/c1-18-21(12-7-13-22(18)29-20-10-5-6-11-20)25-24(27)23-17-26(14-15-28-23)16-19-8-3-2-4-9-19/h2-4,7-9,12-13,20,23H,5-6,10-11,14-17H2,1H3,(H,25,27). The second-order valence-corrected chi connectivity index (χ2v) is 8.02. The Morgan fingerprint density at radius 2 is 1.93 bits per heavy atom. The normalized spacial score (nSPS) is 20.5. The average Bonchev–Trinajstić information content (AvgIpc) is 3.25. The zero-order valence-electron chi connectivity index (χ0n) is 17.1. The van der Waals surface area contributed by atoms with Gasteiger partial charge in [0.2, 0.25) is 0 Å². The molecular weight excluding hydrogens is 364 g/mol. The first-order valence-corrected chi connectivity index (χ1v) is 10.6. The second-order valence-electron chi connectivity index (χ2n) is 8.02. The van der Waals surface area contributed by atoms with E-state index in [2.05, 4.69) is 22.3 Å². The van der Waals surface area contributed by atoms with E-state index in [4.69, 9.17) is 9.47 Å². The number of amides is 1. The van der Waals surface area contributed by atoms with Crippen LogP contribution >= 0.6 is 0 Å². The van der Waals surface area contributed by atoms with Gasteiger partial charge in [0.25, 0.3) is 5.91 Å². The molecule has 2 aromatic carbocycles. The minimum Gasteiger partial charge on any atom is -0.490 e. The number of hydrogen-bond acceptors (Lipinski definition) is 4. The monoisotopic (exact) mass is 394 g/mol. The van der Waals surface area contributed by atoms with Gasteiger partial charge in [0.1, 0.15) is 11.9 Å². The maximum absolute atomic E-state index is 12.9. The topological polar surface area (TPSA) is 50.8 Å². The fourth-order valence-electron chi connectivity index (χ4n) is 4.12. The number of hydrogen-bond donors (Lipinski definition) is 1. The molecule has 1 saturated heterocycles. The molecule has 0 aromatic heterocycles. The number of morpholine rings is 1. The van der Waals surface area contributed by atoms with Crippen molar-refractivity contribution < 1.29 is 14.3 Å². The van der Waals surface area contributed by atoms with Gasteiger partial charge in [-0.1, -0.05) is 36.4 Å². The Morgan fingerprint density at radius 1 is 1.14 bits per heavy atom. The van der Waals surface area contributed by atoms with Gasteiger partial charge in [-0.2, -0.15) is 0 Å². The minimum atomic E-state index is -0.466. The fraction of sp³-hybridized carbons (Fsp3) is 0.458. The van der Waals surface area contributed by atoms with Crippen LogP contribution < -0.4 is 10.1 Å². The average molecular weight is 395 g/mol. The van der Waals surface area contributed by atoms with Crippen molar-refractivity contribution in [1.82, 2.24) is 4.90 Å². The van der Waals surface area contributed by atoms with E-state index in [0.29, 0.717) is 19.3 Å². The first-order valence-electron chi connectivity index (χ1n) is 10.6. The molecule has 1 aliphatic carbocycles. The van der Waals surface area contributed by atoms with Gasteiger partial charge in [0.05, 0.1) is 12.7 Å². The van der Waals surface area contributed by atoms with E-state index in [1.165, 1.54) is 18.4 Å². The molecule has 1 amide bonds. The molecule has 1 N–H and O–H groups in total. The molecule has 2 aliphatic rings. The van der Waals surface area contributed by atoms with Crippen molar-refractivity contribution in [3.63, 3.8) is 0 Å². The summed E-state index contributed by atoms with van der Waals surface area (Å²) in [6.07, 6.45) is 4.53. The highest BCUT2D eigenvalue weighted by Gasteiger charge is 2.27. The molecule has 5 heteroatoms. The van der Waals surface area contributed by atoms with Gasteiger partial charge >= 0.3 is 0 Å². The zero-order chi connectivity index (χ0) is 20.1. The number of rotatable bonds is 6. The van der Waals surface area contributed by atoms with Crippen molar-refractivity contribution in [3.05, 3.63) is 59.7 Å². The second kappa shape index (κ2) is 9.42. The fourth-order valence-corrected chi connectivity index (χ4v) is 4.12. The van der Waals surface area contributed by atoms with E-state index in [1.807, 2.05) is 43.3 Å². The van der Waals surface area contributed by atoms with Crippen molar-refractivity contribution >= 4 is 11.6 Å². The Hall–Kier alpha value is -2.37. The first kappa shape index (κ1) is 19.9. The Morgan fingerprint density at radius 3 is 2.72 bits per heavy atom. The lowest BCUT2D eigenvalue weighted by atomic mass is 10.1. The van der Waals surface area contributed by atoms with Gasteiger partial charge in [0.15, 0.2) is 0 Å². The Kier molecular flexibility index (Phi) is 6.47. The summed E-state index contributed by atoms with van der Waals surface area (Å²) in [5.41, 5.74) is 3.03. The molecule has 2 fully saturated rings. The van der Waals surface area contributed by atoms with Crippen molar-refractivity contribution in [2.45, 2.75) is 51.4 Å². The smallest absolute Gasteiger partial charge is 0.254 e. The maximum atomic E-state index is 12.9. The molecule has 1 heterocycles. The number of carbonyl (C=O) groups is 1. The van der Waals surface area contributed by atoms with E-state index in [1.54, 1.807) is 0 Å². The number of carbonyl (C=O) groups excluding carboxylic acids is 1. The van der Waals surface area contributed by atoms with Crippen LogP contribution in [0.4, 0.5) is 5.69 Å². The van der Waals surface area contributed by atoms with Crippen molar-refractivity contribution in [1.29, 1.82) is 0 Å². The van der Waals surface area contributed by atoms with Crippen molar-refractivity contribution in [2.24, 2.45) is 0 Å². The molecule has 1 atom stereocenters. The highest BCUT2D eigenvalue weighted by molar-refractivity contribution is 5.95. The molecule has 0 radical (unpaired) electrons. The lowest BCUT2D eigenvalue weighted by molar-refractivity contribution is -0.133. The number of nitrogens with zero attached hydrogens (tertiary/aromatic N) is 1. The van der Waals surface area contributed by atoms with E-state index in [0.717, 1.165) is 42.9 Å². The minimum absolute atomic E-state index is 0.0936. The lowest BCUT2D eigenvalue weighted by Gasteiger charge is -2.32. The highest BCUT2D eigenvalue weighted by Crippen LogP contribution is 2.30. The number of benzene rings is 2. The van der Waals surface area contributed by atoms with Gasteiger partial charge in [-0.25, -0.2) is 0 Å². The molecule has 4 rings (SSSR count). The largest absolute Gasteiger partial charge is 0.490 e. The predicted molar refractivity (Wildman–Crippen MR) is 114 cm³/mol. The van der Waals surface area contributed by atoms with Crippen LogP contribution in [0.1, 0.15) is 36.8 Å².